The van der Waals surface area contributed by atoms with Gasteiger partial charge < -0.3 is 10.0 Å². The van der Waals surface area contributed by atoms with E-state index in [2.05, 4.69) is 18.7 Å². The van der Waals surface area contributed by atoms with Crippen molar-refractivity contribution in [2.75, 3.05) is 11.4 Å². The van der Waals surface area contributed by atoms with Gasteiger partial charge in [0.15, 0.2) is 0 Å². The van der Waals surface area contributed by atoms with E-state index in [1.54, 1.807) is 6.07 Å². The van der Waals surface area contributed by atoms with Gasteiger partial charge in [-0.1, -0.05) is 31.5 Å². The minimum Gasteiger partial charge on any atom is -0.478 e. The summed E-state index contributed by atoms with van der Waals surface area (Å²) < 4.78 is 0. The van der Waals surface area contributed by atoms with Crippen LogP contribution in [0.25, 0.3) is 0 Å². The highest BCUT2D eigenvalue weighted by Crippen LogP contribution is 2.36. The molecule has 1 aromatic carbocycles. The third-order valence-corrected chi connectivity index (χ3v) is 3.38. The topological polar surface area (TPSA) is 40.5 Å². The molecule has 18 heavy (non-hydrogen) atoms. The van der Waals surface area contributed by atoms with E-state index in [0.717, 1.165) is 25.1 Å². The van der Waals surface area contributed by atoms with Crippen LogP contribution in [-0.4, -0.2) is 23.7 Å². The zero-order chi connectivity index (χ0) is 13.3. The Balaban J connectivity index is 2.40. The number of carbonyl (C=O) groups is 1. The molecule has 1 aliphatic carbocycles. The number of anilines is 1. The summed E-state index contributed by atoms with van der Waals surface area (Å²) in [5.41, 5.74) is 0.984. The second-order valence-electron chi connectivity index (χ2n) is 5.22. The molecule has 3 nitrogen and oxygen atoms in total. The predicted octanol–water partition coefficient (Wildman–Crippen LogP) is 3.66. The van der Waals surface area contributed by atoms with E-state index in [4.69, 9.17) is 11.6 Å². The minimum absolute atomic E-state index is 0.228. The second kappa shape index (κ2) is 5.19. The molecule has 2 rings (SSSR count). The molecule has 0 atom stereocenters. The number of carboxylic acid groups (broad SMARTS) is 1. The highest BCUT2D eigenvalue weighted by molar-refractivity contribution is 6.34. The summed E-state index contributed by atoms with van der Waals surface area (Å²) in [5.74, 6) is -0.462. The lowest BCUT2D eigenvalue weighted by atomic mass is 10.1. The van der Waals surface area contributed by atoms with Crippen LogP contribution >= 0.6 is 11.6 Å². The molecule has 1 aliphatic rings. The van der Waals surface area contributed by atoms with Crippen LogP contribution in [0, 0.1) is 5.92 Å². The highest BCUT2D eigenvalue weighted by atomic mass is 35.5. The third-order valence-electron chi connectivity index (χ3n) is 3.06. The fourth-order valence-electron chi connectivity index (χ4n) is 2.19. The summed E-state index contributed by atoms with van der Waals surface area (Å²) in [7, 11) is 0. The monoisotopic (exact) mass is 267 g/mol. The molecule has 98 valence electrons. The van der Waals surface area contributed by atoms with Crippen molar-refractivity contribution in [3.05, 3.63) is 28.8 Å². The van der Waals surface area contributed by atoms with E-state index in [1.165, 1.54) is 0 Å². The molecule has 4 heteroatoms. The van der Waals surface area contributed by atoms with E-state index in [-0.39, 0.29) is 5.56 Å². The Kier molecular flexibility index (Phi) is 3.81. The fraction of sp³-hybridized carbons (Fsp3) is 0.500. The average molecular weight is 268 g/mol. The van der Waals surface area contributed by atoms with Gasteiger partial charge in [-0.2, -0.15) is 0 Å². The quantitative estimate of drug-likeness (QED) is 0.885. The van der Waals surface area contributed by atoms with Crippen molar-refractivity contribution in [2.24, 2.45) is 5.92 Å². The Hall–Kier alpha value is -1.22. The first-order valence-corrected chi connectivity index (χ1v) is 6.67. The Morgan fingerprint density at radius 2 is 2.17 bits per heavy atom. The Labute approximate surface area is 112 Å². The summed E-state index contributed by atoms with van der Waals surface area (Å²) in [4.78, 5) is 13.6. The van der Waals surface area contributed by atoms with E-state index < -0.39 is 5.97 Å². The summed E-state index contributed by atoms with van der Waals surface area (Å²) in [6.07, 6.45) is 2.27. The second-order valence-corrected chi connectivity index (χ2v) is 5.62. The lowest BCUT2D eigenvalue weighted by molar-refractivity contribution is 0.0697. The summed E-state index contributed by atoms with van der Waals surface area (Å²) in [5, 5.41) is 9.63. The zero-order valence-electron chi connectivity index (χ0n) is 10.7. The van der Waals surface area contributed by atoms with Gasteiger partial charge in [0.1, 0.15) is 5.56 Å². The van der Waals surface area contributed by atoms with Crippen molar-refractivity contribution in [2.45, 2.75) is 32.7 Å². The molecule has 0 aliphatic heterocycles. The van der Waals surface area contributed by atoms with E-state index in [0.29, 0.717) is 17.0 Å². The van der Waals surface area contributed by atoms with Gasteiger partial charge in [-0.15, -0.1) is 0 Å². The highest BCUT2D eigenvalue weighted by Gasteiger charge is 2.32. The van der Waals surface area contributed by atoms with E-state index in [1.807, 2.05) is 12.1 Å². The van der Waals surface area contributed by atoms with Crippen molar-refractivity contribution in [3.63, 3.8) is 0 Å². The van der Waals surface area contributed by atoms with E-state index >= 15 is 0 Å². The minimum atomic E-state index is -0.954. The van der Waals surface area contributed by atoms with Crippen LogP contribution in [0.2, 0.25) is 5.02 Å². The summed E-state index contributed by atoms with van der Waals surface area (Å²) in [6, 6.07) is 5.79. The normalized spacial score (nSPS) is 14.9. The van der Waals surface area contributed by atoms with Crippen LogP contribution in [0.1, 0.15) is 37.0 Å². The Morgan fingerprint density at radius 3 is 2.67 bits per heavy atom. The van der Waals surface area contributed by atoms with E-state index in [9.17, 15) is 9.90 Å². The molecule has 0 aromatic heterocycles. The largest absolute Gasteiger partial charge is 0.478 e. The van der Waals surface area contributed by atoms with Gasteiger partial charge in [0.25, 0.3) is 0 Å². The lowest BCUT2D eigenvalue weighted by Gasteiger charge is -2.28. The van der Waals surface area contributed by atoms with Gasteiger partial charge in [-0.25, -0.2) is 4.79 Å². The van der Waals surface area contributed by atoms with Crippen LogP contribution in [-0.2, 0) is 0 Å². The molecule has 1 saturated carbocycles. The number of aromatic carboxylic acids is 1. The zero-order valence-corrected chi connectivity index (χ0v) is 11.4. The molecule has 0 radical (unpaired) electrons. The first-order valence-electron chi connectivity index (χ1n) is 6.29. The van der Waals surface area contributed by atoms with Gasteiger partial charge in [0.05, 0.1) is 10.7 Å². The molecule has 1 aromatic rings. The Morgan fingerprint density at radius 1 is 1.50 bits per heavy atom. The van der Waals surface area contributed by atoms with Crippen molar-refractivity contribution in [1.82, 2.24) is 0 Å². The smallest absolute Gasteiger partial charge is 0.339 e. The van der Waals surface area contributed by atoms with Crippen LogP contribution in [0.3, 0.4) is 0 Å². The molecule has 0 heterocycles. The fourth-order valence-corrected chi connectivity index (χ4v) is 2.44. The van der Waals surface area contributed by atoms with Gasteiger partial charge in [0.2, 0.25) is 0 Å². The van der Waals surface area contributed by atoms with Gasteiger partial charge in [-0.05, 0) is 30.9 Å². The number of hydrogen-bond acceptors (Lipinski definition) is 2. The summed E-state index contributed by atoms with van der Waals surface area (Å²) >= 11 is 6.02. The molecular weight excluding hydrogens is 250 g/mol. The number of benzene rings is 1. The standard InChI is InChI=1S/C14H18ClNO2/c1-9(2)8-16(10-6-7-10)12-5-3-4-11(15)13(12)14(17)18/h3-5,9-10H,6-8H2,1-2H3,(H,17,18). The van der Waals surface area contributed by atoms with Crippen molar-refractivity contribution < 1.29 is 9.90 Å². The molecule has 1 fully saturated rings. The van der Waals surface area contributed by atoms with Crippen LogP contribution in [0.5, 0.6) is 0 Å². The average Bonchev–Trinajstić information content (AvgIpc) is 3.08. The molecule has 0 spiro atoms. The van der Waals surface area contributed by atoms with Crippen LogP contribution in [0.4, 0.5) is 5.69 Å². The van der Waals surface area contributed by atoms with Crippen molar-refractivity contribution in [1.29, 1.82) is 0 Å². The molecule has 0 unspecified atom stereocenters. The maximum Gasteiger partial charge on any atom is 0.339 e. The summed E-state index contributed by atoms with van der Waals surface area (Å²) in [6.45, 7) is 5.14. The van der Waals surface area contributed by atoms with Crippen LogP contribution in [0.15, 0.2) is 18.2 Å². The van der Waals surface area contributed by atoms with Crippen molar-refractivity contribution in [3.8, 4) is 0 Å². The molecule has 0 saturated heterocycles. The number of rotatable bonds is 5. The van der Waals surface area contributed by atoms with Gasteiger partial charge >= 0.3 is 5.97 Å². The maximum atomic E-state index is 11.4. The number of carboxylic acids is 1. The Bertz CT molecular complexity index is 455. The first kappa shape index (κ1) is 13.2. The first-order chi connectivity index (χ1) is 8.50. The number of nitrogens with zero attached hydrogens (tertiary/aromatic N) is 1. The van der Waals surface area contributed by atoms with Crippen molar-refractivity contribution >= 4 is 23.3 Å². The SMILES string of the molecule is CC(C)CN(c1cccc(Cl)c1C(=O)O)C1CC1. The lowest BCUT2D eigenvalue weighted by Crippen LogP contribution is -2.31. The van der Waals surface area contributed by atoms with Gasteiger partial charge in [-0.3, -0.25) is 0 Å². The van der Waals surface area contributed by atoms with Crippen LogP contribution < -0.4 is 4.90 Å². The number of hydrogen-bond donors (Lipinski definition) is 1. The third kappa shape index (κ3) is 2.78. The molecule has 0 bridgehead atoms. The molecule has 1 N–H and O–H groups in total. The maximum absolute atomic E-state index is 11.4. The molecular formula is C14H18ClNO2. The number of halogens is 1. The predicted molar refractivity (Wildman–Crippen MR) is 73.6 cm³/mol. The molecule has 0 amide bonds. The van der Waals surface area contributed by atoms with Gasteiger partial charge in [0, 0.05) is 12.6 Å².